The van der Waals surface area contributed by atoms with Crippen molar-refractivity contribution in [2.45, 2.75) is 169 Å². The van der Waals surface area contributed by atoms with Gasteiger partial charge in [-0.2, -0.15) is 0 Å². The van der Waals surface area contributed by atoms with Crippen molar-refractivity contribution in [3.8, 4) is 17.3 Å². The number of rotatable bonds is 9. The number of fused-ring (bicyclic) bond motifs is 4. The van der Waals surface area contributed by atoms with E-state index >= 15 is 0 Å². The van der Waals surface area contributed by atoms with E-state index in [9.17, 15) is 0 Å². The summed E-state index contributed by atoms with van der Waals surface area (Å²) in [5, 5.41) is 2.31. The van der Waals surface area contributed by atoms with Crippen LogP contribution in [0.1, 0.15) is 182 Å². The molecular weight excluding hydrogens is 1160 g/mol. The van der Waals surface area contributed by atoms with Crippen LogP contribution in [0.2, 0.25) is 0 Å². The maximum Gasteiger partial charge on any atom is 0.135 e. The van der Waals surface area contributed by atoms with Gasteiger partial charge in [0.25, 0.3) is 0 Å². The van der Waals surface area contributed by atoms with Gasteiger partial charge >= 0.3 is 0 Å². The van der Waals surface area contributed by atoms with Gasteiger partial charge in [-0.3, -0.25) is 0 Å². The molecule has 0 amide bonds. The van der Waals surface area contributed by atoms with Crippen LogP contribution >= 0.6 is 0 Å². The van der Waals surface area contributed by atoms with Crippen LogP contribution in [-0.2, 0) is 59.0 Å². The van der Waals surface area contributed by atoms with E-state index in [2.05, 4.69) is 310 Å². The first-order valence-corrected chi connectivity index (χ1v) is 28.4. The maximum absolute atomic E-state index is 7.35. The Balaban J connectivity index is 0.00000774. The molecule has 0 radical (unpaired) electrons. The molecule has 80 heavy (non-hydrogen) atoms. The van der Waals surface area contributed by atoms with Gasteiger partial charge in [0.05, 0.1) is 0 Å². The number of benzene rings is 7. The maximum atomic E-state index is 7.35. The van der Waals surface area contributed by atoms with Crippen molar-refractivity contribution in [1.29, 1.82) is 0 Å². The molecule has 0 fully saturated rings. The van der Waals surface area contributed by atoms with E-state index in [1.54, 1.807) is 0 Å². The summed E-state index contributed by atoms with van der Waals surface area (Å²) in [6, 6.07) is 61.5. The van der Waals surface area contributed by atoms with Gasteiger partial charge in [-0.15, -0.1) is 53.8 Å². The largest absolute Gasteiger partial charge is 0.509 e. The Morgan fingerprint density at radius 3 is 1.48 bits per heavy atom. The van der Waals surface area contributed by atoms with Gasteiger partial charge < -0.3 is 19.1 Å². The minimum absolute atomic E-state index is 0. The third-order valence-electron chi connectivity index (χ3n) is 16.6. The minimum atomic E-state index is -0.419. The van der Waals surface area contributed by atoms with Gasteiger partial charge in [-0.1, -0.05) is 227 Å². The molecule has 3 heterocycles. The van der Waals surface area contributed by atoms with Crippen LogP contribution in [0.5, 0.6) is 11.5 Å². The Labute approximate surface area is 494 Å². The molecule has 0 bridgehead atoms. The molecule has 0 spiro atoms. The molecule has 418 valence electrons. The van der Waals surface area contributed by atoms with Crippen molar-refractivity contribution < 1.29 is 25.8 Å². The Morgan fingerprint density at radius 1 is 0.425 bits per heavy atom. The Bertz CT molecular complexity index is 3750. The molecule has 1 aliphatic rings. The third kappa shape index (κ3) is 10.9. The van der Waals surface area contributed by atoms with Crippen LogP contribution in [0.4, 0.5) is 22.7 Å². The predicted octanol–water partition coefficient (Wildman–Crippen LogP) is 20.1. The smallest absolute Gasteiger partial charge is 0.135 e. The van der Waals surface area contributed by atoms with Crippen molar-refractivity contribution >= 4 is 44.6 Å². The second-order valence-corrected chi connectivity index (χ2v) is 28.5. The second kappa shape index (κ2) is 20.5. The van der Waals surface area contributed by atoms with Crippen LogP contribution in [0.15, 0.2) is 152 Å². The molecule has 9 aromatic rings. The van der Waals surface area contributed by atoms with Crippen molar-refractivity contribution in [2.24, 2.45) is 0 Å². The molecule has 0 atom stereocenters. The van der Waals surface area contributed by atoms with Gasteiger partial charge in [0.2, 0.25) is 0 Å². The fourth-order valence-electron chi connectivity index (χ4n) is 11.5. The summed E-state index contributed by atoms with van der Waals surface area (Å²) in [6.07, 6.45) is 1.94. The molecule has 6 heteroatoms. The zero-order valence-electron chi connectivity index (χ0n) is 51.0. The fraction of sp³-hybridized carbons (Fsp3) is 0.351. The molecule has 0 saturated heterocycles. The SMILES string of the molecule is CC(C)(C)c1cc(N2[CH-]N(c3[c-]c(Oc4[c-]c5c(c(C(C)(C)C)c4)c4ccccc4n5-c4cc(C(C)(C)C)ccn4)cc(C(C)(C)c4ccccc4)c3)c3cc(C(C)(C)C)c(C(C)(C)C)cc32)cc(C(C)(C)c2ccccc2)c1.[Pt]. The summed E-state index contributed by atoms with van der Waals surface area (Å²) >= 11 is 0. The van der Waals surface area contributed by atoms with E-state index in [0.717, 1.165) is 55.9 Å². The average Bonchev–Trinajstić information content (AvgIpc) is 3.95. The zero-order chi connectivity index (χ0) is 57.0. The predicted molar refractivity (Wildman–Crippen MR) is 335 cm³/mol. The number of hydrogen-bond acceptors (Lipinski definition) is 4. The minimum Gasteiger partial charge on any atom is -0.509 e. The summed E-state index contributed by atoms with van der Waals surface area (Å²) in [7, 11) is 0. The molecule has 5 nitrogen and oxygen atoms in total. The number of ether oxygens (including phenoxy) is 1. The first-order chi connectivity index (χ1) is 36.8. The van der Waals surface area contributed by atoms with Crippen LogP contribution in [0, 0.1) is 18.8 Å². The van der Waals surface area contributed by atoms with Gasteiger partial charge in [-0.05, 0) is 119 Å². The van der Waals surface area contributed by atoms with Gasteiger partial charge in [0, 0.05) is 66.8 Å². The van der Waals surface area contributed by atoms with Crippen LogP contribution in [-0.4, -0.2) is 9.55 Å². The van der Waals surface area contributed by atoms with Crippen LogP contribution < -0.4 is 14.5 Å². The van der Waals surface area contributed by atoms with Gasteiger partial charge in [-0.25, -0.2) is 4.98 Å². The van der Waals surface area contributed by atoms with E-state index in [-0.39, 0.29) is 53.6 Å². The van der Waals surface area contributed by atoms with Gasteiger partial charge in [0.1, 0.15) is 5.82 Å². The summed E-state index contributed by atoms with van der Waals surface area (Å²) in [5.74, 6) is 2.09. The normalized spacial score (nSPS) is 13.7. The summed E-state index contributed by atoms with van der Waals surface area (Å²) in [5.41, 5.74) is 16.0. The molecule has 7 aromatic carbocycles. The van der Waals surface area contributed by atoms with E-state index in [4.69, 9.17) is 9.72 Å². The van der Waals surface area contributed by atoms with E-state index in [1.165, 1.54) is 44.5 Å². The number of para-hydroxylation sites is 1. The number of anilines is 4. The molecular formula is C74H83N4OPt-3. The van der Waals surface area contributed by atoms with Gasteiger partial charge in [0.15, 0.2) is 0 Å². The topological polar surface area (TPSA) is 33.5 Å². The van der Waals surface area contributed by atoms with E-state index in [0.29, 0.717) is 11.5 Å². The number of pyridine rings is 1. The molecule has 10 rings (SSSR count). The zero-order valence-corrected chi connectivity index (χ0v) is 53.3. The Morgan fingerprint density at radius 2 is 0.925 bits per heavy atom. The van der Waals surface area contributed by atoms with Crippen LogP contribution in [0.3, 0.4) is 0 Å². The molecule has 0 N–H and O–H groups in total. The number of aromatic nitrogens is 2. The first kappa shape index (κ1) is 58.2. The molecule has 2 aromatic heterocycles. The van der Waals surface area contributed by atoms with Crippen molar-refractivity contribution in [2.75, 3.05) is 9.80 Å². The fourth-order valence-corrected chi connectivity index (χ4v) is 11.5. The number of hydrogen-bond donors (Lipinski definition) is 0. The van der Waals surface area contributed by atoms with Crippen molar-refractivity contribution in [3.05, 3.63) is 221 Å². The number of nitrogens with zero attached hydrogens (tertiary/aromatic N) is 4. The molecule has 0 aliphatic carbocycles. The first-order valence-electron chi connectivity index (χ1n) is 28.4. The summed E-state index contributed by atoms with van der Waals surface area (Å²) < 4.78 is 9.62. The molecule has 1 aliphatic heterocycles. The summed E-state index contributed by atoms with van der Waals surface area (Å²) in [6.45, 7) is 46.3. The third-order valence-corrected chi connectivity index (χ3v) is 16.6. The molecule has 0 unspecified atom stereocenters. The average molecular weight is 1240 g/mol. The van der Waals surface area contributed by atoms with E-state index < -0.39 is 5.41 Å². The van der Waals surface area contributed by atoms with Crippen LogP contribution in [0.25, 0.3) is 27.6 Å². The summed E-state index contributed by atoms with van der Waals surface area (Å²) in [4.78, 5) is 9.83. The van der Waals surface area contributed by atoms with Crippen molar-refractivity contribution in [3.63, 3.8) is 0 Å². The quantitative estimate of drug-likeness (QED) is 0.135. The van der Waals surface area contributed by atoms with Crippen molar-refractivity contribution in [1.82, 2.24) is 9.55 Å². The second-order valence-electron chi connectivity index (χ2n) is 28.5. The molecule has 0 saturated carbocycles. The van der Waals surface area contributed by atoms with E-state index in [1.807, 2.05) is 6.20 Å². The monoisotopic (exact) mass is 1240 g/mol. The Kier molecular flexibility index (Phi) is 14.9. The standard InChI is InChI=1S/C74H83N4O.Pt/c1-68(2,3)50-34-35-75-66(41-50)78-62-33-27-26-32-58(62)67-61(72(13,14)15)43-57(44-65(67)78)79-56-40-53(74(18,19)49-30-24-21-25-31-49)39-55(42-56)77-47-76(63-45-59(70(7,8)9)60(46-64(63)77)71(10,11)12)54-37-51(69(4,5)6)36-52(38-54)73(16,17)48-28-22-20-23-29-48;/h20-41,43,45-47H,1-19H3;/q-3;. The Hall–Kier alpha value is -6.42.